The molecule has 0 radical (unpaired) electrons. The average molecular weight is 353 g/mol. The molecule has 1 heterocycles. The zero-order valence-electron chi connectivity index (χ0n) is 13.4. The van der Waals surface area contributed by atoms with E-state index in [1.165, 1.54) is 66.7 Å². The first-order valence-corrected chi connectivity index (χ1v) is 7.62. The summed E-state index contributed by atoms with van der Waals surface area (Å²) in [6.45, 7) is 0. The van der Waals surface area contributed by atoms with Gasteiger partial charge in [-0.25, -0.2) is 13.8 Å². The van der Waals surface area contributed by atoms with Gasteiger partial charge in [0.15, 0.2) is 0 Å². The molecular weight excluding hydrogens is 340 g/mol. The second-order valence-corrected chi connectivity index (χ2v) is 5.33. The van der Waals surface area contributed by atoms with Crippen molar-refractivity contribution in [3.63, 3.8) is 0 Å². The number of pyridine rings is 1. The SMILES string of the molecule is O=C(Nc1ccc(F)cc1)c1cccc(C(=O)Nc2ccc(F)cc2)n1. The van der Waals surface area contributed by atoms with E-state index < -0.39 is 23.4 Å². The van der Waals surface area contributed by atoms with Gasteiger partial charge in [-0.1, -0.05) is 6.07 Å². The Labute approximate surface area is 147 Å². The minimum Gasteiger partial charge on any atom is -0.321 e. The predicted molar refractivity (Wildman–Crippen MR) is 92.9 cm³/mol. The first-order valence-electron chi connectivity index (χ1n) is 7.62. The van der Waals surface area contributed by atoms with Gasteiger partial charge >= 0.3 is 0 Å². The van der Waals surface area contributed by atoms with E-state index in [9.17, 15) is 18.4 Å². The molecular formula is C19H13F2N3O2. The number of benzene rings is 2. The number of nitrogens with zero attached hydrogens (tertiary/aromatic N) is 1. The average Bonchev–Trinajstić information content (AvgIpc) is 2.65. The van der Waals surface area contributed by atoms with Crippen LogP contribution < -0.4 is 10.6 Å². The number of halogens is 2. The van der Waals surface area contributed by atoms with E-state index in [1.54, 1.807) is 0 Å². The maximum absolute atomic E-state index is 12.9. The molecule has 5 nitrogen and oxygen atoms in total. The number of carbonyl (C=O) groups is 2. The third-order valence-electron chi connectivity index (χ3n) is 3.42. The summed E-state index contributed by atoms with van der Waals surface area (Å²) in [6.07, 6.45) is 0. The Morgan fingerprint density at radius 2 is 1.04 bits per heavy atom. The molecule has 26 heavy (non-hydrogen) atoms. The monoisotopic (exact) mass is 353 g/mol. The highest BCUT2D eigenvalue weighted by atomic mass is 19.1. The molecule has 0 aliphatic heterocycles. The van der Waals surface area contributed by atoms with Crippen molar-refractivity contribution in [2.24, 2.45) is 0 Å². The van der Waals surface area contributed by atoms with Crippen molar-refractivity contribution in [2.45, 2.75) is 0 Å². The van der Waals surface area contributed by atoms with Crippen LogP contribution in [0.2, 0.25) is 0 Å². The van der Waals surface area contributed by atoms with Crippen molar-refractivity contribution in [2.75, 3.05) is 10.6 Å². The van der Waals surface area contributed by atoms with Gasteiger partial charge in [-0.2, -0.15) is 0 Å². The van der Waals surface area contributed by atoms with Crippen LogP contribution in [0.1, 0.15) is 21.0 Å². The van der Waals surface area contributed by atoms with Gasteiger partial charge in [0.2, 0.25) is 0 Å². The van der Waals surface area contributed by atoms with Crippen molar-refractivity contribution in [3.05, 3.63) is 89.8 Å². The highest BCUT2D eigenvalue weighted by Gasteiger charge is 2.13. The second-order valence-electron chi connectivity index (χ2n) is 5.33. The predicted octanol–water partition coefficient (Wildman–Crippen LogP) is 3.86. The molecule has 0 spiro atoms. The molecule has 2 amide bonds. The molecule has 0 aliphatic rings. The summed E-state index contributed by atoms with van der Waals surface area (Å²) in [5, 5.41) is 5.13. The second kappa shape index (κ2) is 7.52. The highest BCUT2D eigenvalue weighted by Crippen LogP contribution is 2.12. The Morgan fingerprint density at radius 1 is 0.654 bits per heavy atom. The number of aromatic nitrogens is 1. The molecule has 3 rings (SSSR count). The molecule has 0 saturated heterocycles. The quantitative estimate of drug-likeness (QED) is 0.748. The van der Waals surface area contributed by atoms with E-state index in [2.05, 4.69) is 15.6 Å². The number of hydrogen-bond acceptors (Lipinski definition) is 3. The van der Waals surface area contributed by atoms with Gasteiger partial charge in [0.05, 0.1) is 0 Å². The maximum Gasteiger partial charge on any atom is 0.274 e. The van der Waals surface area contributed by atoms with Crippen LogP contribution in [0, 0.1) is 11.6 Å². The van der Waals surface area contributed by atoms with Crippen LogP contribution in [0.25, 0.3) is 0 Å². The van der Waals surface area contributed by atoms with Crippen molar-refractivity contribution >= 4 is 23.2 Å². The van der Waals surface area contributed by atoms with Crippen LogP contribution in [0.4, 0.5) is 20.2 Å². The van der Waals surface area contributed by atoms with Crippen molar-refractivity contribution in [3.8, 4) is 0 Å². The van der Waals surface area contributed by atoms with E-state index in [-0.39, 0.29) is 11.4 Å². The lowest BCUT2D eigenvalue weighted by Crippen LogP contribution is -2.18. The number of anilines is 2. The number of carbonyl (C=O) groups excluding carboxylic acids is 2. The number of hydrogen-bond donors (Lipinski definition) is 2. The third kappa shape index (κ3) is 4.27. The van der Waals surface area contributed by atoms with E-state index in [4.69, 9.17) is 0 Å². The molecule has 0 atom stereocenters. The minimum absolute atomic E-state index is 0.0288. The maximum atomic E-state index is 12.9. The van der Waals surface area contributed by atoms with Crippen LogP contribution >= 0.6 is 0 Å². The van der Waals surface area contributed by atoms with Crippen LogP contribution in [0.3, 0.4) is 0 Å². The smallest absolute Gasteiger partial charge is 0.274 e. The van der Waals surface area contributed by atoms with Gasteiger partial charge in [0.1, 0.15) is 23.0 Å². The van der Waals surface area contributed by atoms with E-state index in [0.717, 1.165) is 0 Å². The molecule has 3 aromatic rings. The fourth-order valence-electron chi connectivity index (χ4n) is 2.14. The molecule has 2 N–H and O–H groups in total. The molecule has 0 saturated carbocycles. The zero-order valence-corrected chi connectivity index (χ0v) is 13.4. The number of rotatable bonds is 4. The topological polar surface area (TPSA) is 71.1 Å². The Morgan fingerprint density at radius 3 is 1.42 bits per heavy atom. The molecule has 7 heteroatoms. The van der Waals surface area contributed by atoms with E-state index in [0.29, 0.717) is 11.4 Å². The van der Waals surface area contributed by atoms with Crippen LogP contribution in [0.15, 0.2) is 66.7 Å². The molecule has 0 unspecified atom stereocenters. The van der Waals surface area contributed by atoms with Crippen LogP contribution in [-0.4, -0.2) is 16.8 Å². The first-order chi connectivity index (χ1) is 12.5. The molecule has 1 aromatic heterocycles. The summed E-state index contributed by atoms with van der Waals surface area (Å²) in [6, 6.07) is 15.0. The summed E-state index contributed by atoms with van der Waals surface area (Å²) in [4.78, 5) is 28.5. The molecule has 130 valence electrons. The van der Waals surface area contributed by atoms with Gasteiger partial charge in [0.25, 0.3) is 11.8 Å². The zero-order chi connectivity index (χ0) is 18.5. The van der Waals surface area contributed by atoms with Crippen molar-refractivity contribution < 1.29 is 18.4 Å². The fraction of sp³-hybridized carbons (Fsp3) is 0. The standard InChI is InChI=1S/C19H13F2N3O2/c20-12-4-8-14(9-5-12)22-18(25)16-2-1-3-17(24-16)19(26)23-15-10-6-13(21)7-11-15/h1-11H,(H,22,25)(H,23,26). The van der Waals surface area contributed by atoms with Gasteiger partial charge in [-0.3, -0.25) is 9.59 Å². The number of amides is 2. The van der Waals surface area contributed by atoms with E-state index >= 15 is 0 Å². The van der Waals surface area contributed by atoms with Gasteiger partial charge in [-0.15, -0.1) is 0 Å². The molecule has 2 aromatic carbocycles. The lowest BCUT2D eigenvalue weighted by Gasteiger charge is -2.07. The Bertz CT molecular complexity index is 867. The van der Waals surface area contributed by atoms with Crippen molar-refractivity contribution in [1.82, 2.24) is 4.98 Å². The Kier molecular flexibility index (Phi) is 4.98. The third-order valence-corrected chi connectivity index (χ3v) is 3.42. The highest BCUT2D eigenvalue weighted by molar-refractivity contribution is 6.06. The van der Waals surface area contributed by atoms with Gasteiger partial charge in [0, 0.05) is 11.4 Å². The summed E-state index contributed by atoms with van der Waals surface area (Å²) < 4.78 is 25.8. The van der Waals surface area contributed by atoms with Gasteiger partial charge in [-0.05, 0) is 60.7 Å². The fourth-order valence-corrected chi connectivity index (χ4v) is 2.14. The van der Waals surface area contributed by atoms with Gasteiger partial charge < -0.3 is 10.6 Å². The largest absolute Gasteiger partial charge is 0.321 e. The lowest BCUT2D eigenvalue weighted by molar-refractivity contribution is 0.101. The molecule has 0 bridgehead atoms. The van der Waals surface area contributed by atoms with Crippen molar-refractivity contribution in [1.29, 1.82) is 0 Å². The Hall–Kier alpha value is -3.61. The van der Waals surface area contributed by atoms with E-state index in [1.807, 2.05) is 0 Å². The minimum atomic E-state index is -0.534. The molecule has 0 aliphatic carbocycles. The molecule has 0 fully saturated rings. The first kappa shape index (κ1) is 17.2. The number of nitrogens with one attached hydrogen (secondary N) is 2. The Balaban J connectivity index is 1.72. The summed E-state index contributed by atoms with van der Waals surface area (Å²) >= 11 is 0. The summed E-state index contributed by atoms with van der Waals surface area (Å²) in [5.41, 5.74) is 0.862. The van der Waals surface area contributed by atoms with Crippen LogP contribution in [0.5, 0.6) is 0 Å². The summed E-state index contributed by atoms with van der Waals surface area (Å²) in [7, 11) is 0. The summed E-state index contributed by atoms with van der Waals surface area (Å²) in [5.74, 6) is -1.90. The lowest BCUT2D eigenvalue weighted by atomic mass is 10.2. The van der Waals surface area contributed by atoms with Crippen LogP contribution in [-0.2, 0) is 0 Å². The normalized spacial score (nSPS) is 10.2.